The Labute approximate surface area is 157 Å². The van der Waals surface area contributed by atoms with E-state index >= 15 is 0 Å². The van der Waals surface area contributed by atoms with E-state index in [4.69, 9.17) is 4.74 Å². The number of rotatable bonds is 6. The van der Waals surface area contributed by atoms with Crippen molar-refractivity contribution in [3.8, 4) is 0 Å². The lowest BCUT2D eigenvalue weighted by Crippen LogP contribution is -2.58. The lowest BCUT2D eigenvalue weighted by molar-refractivity contribution is -0.150. The van der Waals surface area contributed by atoms with Crippen LogP contribution in [0.2, 0.25) is 0 Å². The zero-order chi connectivity index (χ0) is 20.0. The molecule has 1 N–H and O–H groups in total. The second kappa shape index (κ2) is 9.07. The number of amides is 2. The topological polar surface area (TPSA) is 88.6 Å². The third kappa shape index (κ3) is 5.84. The number of nitrogens with zero attached hydrogens (tertiary/aromatic N) is 2. The Bertz CT molecular complexity index is 697. The number of ether oxygens (including phenoxy) is 1. The lowest BCUT2D eigenvalue weighted by Gasteiger charge is -2.34. The van der Waals surface area contributed by atoms with Gasteiger partial charge in [0.1, 0.15) is 6.04 Å². The predicted octanol–water partition coefficient (Wildman–Crippen LogP) is 1.47. The molecular formula is C16H18F3N3O4S. The molecule has 0 saturated carbocycles. The quantitative estimate of drug-likeness (QED) is 0.570. The normalized spacial score (nSPS) is 17.4. The van der Waals surface area contributed by atoms with Crippen molar-refractivity contribution in [1.29, 1.82) is 0 Å². The standard InChI is InChI=1S/C16H18F3N3O4S/c1-2-26-14(24)7-11-15(25)20-5-6-22(11)13(23)9-27-12-4-3-10(8-21-12)16(17,18)19/h3-4,8,11H,2,5-7,9H2,1H3,(H,20,25). The van der Waals surface area contributed by atoms with Gasteiger partial charge >= 0.3 is 12.1 Å². The fraction of sp³-hybridized carbons (Fsp3) is 0.500. The predicted molar refractivity (Wildman–Crippen MR) is 89.7 cm³/mol. The maximum atomic E-state index is 12.5. The lowest BCUT2D eigenvalue weighted by atomic mass is 10.1. The number of piperazine rings is 1. The number of aromatic nitrogens is 1. The van der Waals surface area contributed by atoms with Crippen LogP contribution >= 0.6 is 11.8 Å². The number of alkyl halides is 3. The van der Waals surface area contributed by atoms with Crippen LogP contribution in [0.3, 0.4) is 0 Å². The number of hydrogen-bond acceptors (Lipinski definition) is 6. The van der Waals surface area contributed by atoms with Crippen LogP contribution in [0.25, 0.3) is 0 Å². The van der Waals surface area contributed by atoms with Crippen molar-refractivity contribution >= 4 is 29.5 Å². The fourth-order valence-corrected chi connectivity index (χ4v) is 3.17. The molecule has 0 aliphatic carbocycles. The molecule has 148 valence electrons. The summed E-state index contributed by atoms with van der Waals surface area (Å²) in [4.78, 5) is 41.1. The maximum Gasteiger partial charge on any atom is 0.417 e. The SMILES string of the molecule is CCOC(=O)CC1C(=O)NCCN1C(=O)CSc1ccc(C(F)(F)F)cn1. The highest BCUT2D eigenvalue weighted by Gasteiger charge is 2.35. The average Bonchev–Trinajstić information content (AvgIpc) is 2.61. The Kier molecular flexibility index (Phi) is 7.05. The number of hydrogen-bond donors (Lipinski definition) is 1. The first-order valence-corrected chi connectivity index (χ1v) is 9.09. The highest BCUT2D eigenvalue weighted by atomic mass is 32.2. The van der Waals surface area contributed by atoms with Gasteiger partial charge in [-0.1, -0.05) is 11.8 Å². The first-order valence-electron chi connectivity index (χ1n) is 8.11. The third-order valence-corrected chi connectivity index (χ3v) is 4.65. The summed E-state index contributed by atoms with van der Waals surface area (Å²) in [6.45, 7) is 2.29. The van der Waals surface area contributed by atoms with Crippen LogP contribution in [0.15, 0.2) is 23.4 Å². The summed E-state index contributed by atoms with van der Waals surface area (Å²) in [5.41, 5.74) is -0.875. The molecule has 0 aromatic carbocycles. The van der Waals surface area contributed by atoms with Crippen molar-refractivity contribution in [2.75, 3.05) is 25.4 Å². The minimum Gasteiger partial charge on any atom is -0.466 e. The van der Waals surface area contributed by atoms with Gasteiger partial charge in [0, 0.05) is 19.3 Å². The van der Waals surface area contributed by atoms with Crippen LogP contribution in [0.5, 0.6) is 0 Å². The van der Waals surface area contributed by atoms with Crippen molar-refractivity contribution in [2.24, 2.45) is 0 Å². The van der Waals surface area contributed by atoms with Gasteiger partial charge in [0.25, 0.3) is 0 Å². The summed E-state index contributed by atoms with van der Waals surface area (Å²) >= 11 is 0.956. The van der Waals surface area contributed by atoms with Gasteiger partial charge in [-0.2, -0.15) is 13.2 Å². The van der Waals surface area contributed by atoms with E-state index in [2.05, 4.69) is 10.3 Å². The molecule has 1 fully saturated rings. The molecule has 1 aromatic rings. The summed E-state index contributed by atoms with van der Waals surface area (Å²) in [6.07, 6.45) is -4.03. The Hall–Kier alpha value is -2.30. The van der Waals surface area contributed by atoms with Crippen molar-refractivity contribution in [3.63, 3.8) is 0 Å². The van der Waals surface area contributed by atoms with Crippen molar-refractivity contribution < 1.29 is 32.3 Å². The smallest absolute Gasteiger partial charge is 0.417 e. The molecule has 2 heterocycles. The van der Waals surface area contributed by atoms with E-state index in [-0.39, 0.29) is 36.9 Å². The molecule has 1 aliphatic heterocycles. The van der Waals surface area contributed by atoms with Crippen LogP contribution < -0.4 is 5.32 Å². The zero-order valence-corrected chi connectivity index (χ0v) is 15.2. The van der Waals surface area contributed by atoms with Crippen LogP contribution in [0.1, 0.15) is 18.9 Å². The number of pyridine rings is 1. The third-order valence-electron chi connectivity index (χ3n) is 3.72. The van der Waals surface area contributed by atoms with E-state index < -0.39 is 35.6 Å². The summed E-state index contributed by atoms with van der Waals surface area (Å²) in [7, 11) is 0. The van der Waals surface area contributed by atoms with E-state index in [1.54, 1.807) is 6.92 Å². The first-order chi connectivity index (χ1) is 12.7. The summed E-state index contributed by atoms with van der Waals surface area (Å²) in [5, 5.41) is 2.84. The molecule has 2 rings (SSSR count). The van der Waals surface area contributed by atoms with Crippen molar-refractivity contribution in [2.45, 2.75) is 30.6 Å². The molecule has 2 amide bonds. The summed E-state index contributed by atoms with van der Waals surface area (Å²) in [6, 6.07) is 1.10. The molecule has 11 heteroatoms. The Morgan fingerprint density at radius 1 is 1.41 bits per heavy atom. The summed E-state index contributed by atoms with van der Waals surface area (Å²) in [5.74, 6) is -1.56. The van der Waals surface area contributed by atoms with Gasteiger partial charge in [-0.3, -0.25) is 14.4 Å². The fourth-order valence-electron chi connectivity index (χ4n) is 2.45. The van der Waals surface area contributed by atoms with Crippen LogP contribution in [-0.4, -0.2) is 59.2 Å². The maximum absolute atomic E-state index is 12.5. The molecule has 0 radical (unpaired) electrons. The van der Waals surface area contributed by atoms with Crippen molar-refractivity contribution in [1.82, 2.24) is 15.2 Å². The molecule has 1 saturated heterocycles. The molecule has 1 aliphatic rings. The van der Waals surface area contributed by atoms with E-state index in [1.165, 1.54) is 11.0 Å². The Balaban J connectivity index is 1.98. The second-order valence-electron chi connectivity index (χ2n) is 5.57. The highest BCUT2D eigenvalue weighted by molar-refractivity contribution is 7.99. The Morgan fingerprint density at radius 3 is 2.74 bits per heavy atom. The zero-order valence-electron chi connectivity index (χ0n) is 14.4. The molecule has 1 unspecified atom stereocenters. The number of carbonyl (C=O) groups excluding carboxylic acids is 3. The van der Waals surface area contributed by atoms with E-state index in [0.717, 1.165) is 17.8 Å². The minimum atomic E-state index is -4.48. The first kappa shape index (κ1) is 21.0. The number of nitrogens with one attached hydrogen (secondary N) is 1. The molecule has 27 heavy (non-hydrogen) atoms. The average molecular weight is 405 g/mol. The van der Waals surface area contributed by atoms with Gasteiger partial charge in [-0.15, -0.1) is 0 Å². The van der Waals surface area contributed by atoms with E-state index in [9.17, 15) is 27.6 Å². The second-order valence-corrected chi connectivity index (χ2v) is 6.57. The van der Waals surface area contributed by atoms with Crippen LogP contribution in [0, 0.1) is 0 Å². The van der Waals surface area contributed by atoms with Crippen molar-refractivity contribution in [3.05, 3.63) is 23.9 Å². The van der Waals surface area contributed by atoms with Gasteiger partial charge in [0.05, 0.1) is 29.4 Å². The van der Waals surface area contributed by atoms with Gasteiger partial charge in [-0.25, -0.2) is 4.98 Å². The number of thioether (sulfide) groups is 1. The number of halogens is 3. The van der Waals surface area contributed by atoms with Gasteiger partial charge in [0.15, 0.2) is 0 Å². The minimum absolute atomic E-state index is 0.120. The van der Waals surface area contributed by atoms with E-state index in [0.29, 0.717) is 6.20 Å². The summed E-state index contributed by atoms with van der Waals surface area (Å²) < 4.78 is 42.4. The van der Waals surface area contributed by atoms with E-state index in [1.807, 2.05) is 0 Å². The van der Waals surface area contributed by atoms with Crippen LogP contribution in [0.4, 0.5) is 13.2 Å². The largest absolute Gasteiger partial charge is 0.466 e. The Morgan fingerprint density at radius 2 is 2.15 bits per heavy atom. The van der Waals surface area contributed by atoms with Crippen LogP contribution in [-0.2, 0) is 25.3 Å². The van der Waals surface area contributed by atoms with Gasteiger partial charge in [0.2, 0.25) is 11.8 Å². The molecule has 1 aromatic heterocycles. The molecule has 7 nitrogen and oxygen atoms in total. The van der Waals surface area contributed by atoms with Gasteiger partial charge in [-0.05, 0) is 19.1 Å². The molecule has 1 atom stereocenters. The highest BCUT2D eigenvalue weighted by Crippen LogP contribution is 2.29. The molecular weight excluding hydrogens is 387 g/mol. The monoisotopic (exact) mass is 405 g/mol. The number of carbonyl (C=O) groups is 3. The van der Waals surface area contributed by atoms with Gasteiger partial charge < -0.3 is 15.0 Å². The molecule has 0 spiro atoms. The number of esters is 1. The molecule has 0 bridgehead atoms.